The van der Waals surface area contributed by atoms with Crippen molar-refractivity contribution in [2.75, 3.05) is 5.73 Å². The molecular weight excluding hydrogens is 181 g/mol. The molecule has 2 aromatic heterocycles. The topological polar surface area (TPSA) is 51.8 Å². The van der Waals surface area contributed by atoms with E-state index in [1.807, 2.05) is 0 Å². The van der Waals surface area contributed by atoms with Crippen LogP contribution in [0.2, 0.25) is 0 Å². The van der Waals surface area contributed by atoms with Crippen LogP contribution in [0.5, 0.6) is 0 Å². The zero-order valence-electron chi connectivity index (χ0n) is 7.31. The minimum atomic E-state index is -0.490. The molecule has 2 N–H and O–H groups in total. The number of hydrogen-bond donors (Lipinski definition) is 1. The Labute approximate surface area is 80.4 Å². The number of anilines is 1. The van der Waals surface area contributed by atoms with Crippen molar-refractivity contribution in [3.63, 3.8) is 0 Å². The summed E-state index contributed by atoms with van der Waals surface area (Å²) in [4.78, 5) is 7.42. The first-order chi connectivity index (χ1) is 6.75. The molecule has 0 fully saturated rings. The van der Waals surface area contributed by atoms with Crippen LogP contribution >= 0.6 is 0 Å². The maximum absolute atomic E-state index is 12.5. The molecule has 0 aliphatic rings. The third-order valence-corrected chi connectivity index (χ3v) is 1.84. The number of halogens is 1. The van der Waals surface area contributed by atoms with Gasteiger partial charge in [0.1, 0.15) is 5.82 Å². The summed E-state index contributed by atoms with van der Waals surface area (Å²) in [5, 5.41) is 0. The van der Waals surface area contributed by atoms with Crippen molar-refractivity contribution in [3.8, 4) is 11.1 Å². The fourth-order valence-corrected chi connectivity index (χ4v) is 1.17. The van der Waals surface area contributed by atoms with Crippen molar-refractivity contribution < 1.29 is 4.39 Å². The summed E-state index contributed by atoms with van der Waals surface area (Å²) >= 11 is 0. The summed E-state index contributed by atoms with van der Waals surface area (Å²) in [5.74, 6) is -0.0531. The van der Waals surface area contributed by atoms with Crippen LogP contribution in [0.25, 0.3) is 11.1 Å². The van der Waals surface area contributed by atoms with Crippen LogP contribution < -0.4 is 5.73 Å². The van der Waals surface area contributed by atoms with Crippen LogP contribution in [-0.2, 0) is 0 Å². The molecule has 3 nitrogen and oxygen atoms in total. The molecule has 0 aliphatic heterocycles. The Morgan fingerprint density at radius 2 is 1.93 bits per heavy atom. The Bertz CT molecular complexity index is 439. The van der Waals surface area contributed by atoms with E-state index >= 15 is 0 Å². The van der Waals surface area contributed by atoms with Crippen LogP contribution in [0.4, 0.5) is 10.2 Å². The number of rotatable bonds is 1. The van der Waals surface area contributed by atoms with Crippen LogP contribution in [0, 0.1) is 5.95 Å². The molecule has 0 spiro atoms. The van der Waals surface area contributed by atoms with Crippen molar-refractivity contribution in [2.24, 2.45) is 0 Å². The second-order valence-corrected chi connectivity index (χ2v) is 2.84. The first-order valence-electron chi connectivity index (χ1n) is 4.09. The molecule has 0 saturated heterocycles. The highest BCUT2D eigenvalue weighted by Gasteiger charge is 1.99. The van der Waals surface area contributed by atoms with Gasteiger partial charge in [-0.2, -0.15) is 4.39 Å². The number of nitrogens with zero attached hydrogens (tertiary/aromatic N) is 2. The van der Waals surface area contributed by atoms with Gasteiger partial charge in [0.2, 0.25) is 5.95 Å². The lowest BCUT2D eigenvalue weighted by atomic mass is 10.1. The largest absolute Gasteiger partial charge is 0.384 e. The Hall–Kier alpha value is -1.97. The van der Waals surface area contributed by atoms with E-state index in [0.29, 0.717) is 5.82 Å². The molecule has 0 unspecified atom stereocenters. The lowest BCUT2D eigenvalue weighted by Crippen LogP contribution is -1.90. The first-order valence-corrected chi connectivity index (χ1v) is 4.09. The van der Waals surface area contributed by atoms with Gasteiger partial charge in [0.05, 0.1) is 0 Å². The quantitative estimate of drug-likeness (QED) is 0.696. The van der Waals surface area contributed by atoms with Crippen molar-refractivity contribution in [2.45, 2.75) is 0 Å². The van der Waals surface area contributed by atoms with E-state index in [1.54, 1.807) is 24.4 Å². The van der Waals surface area contributed by atoms with Gasteiger partial charge in [-0.3, -0.25) is 0 Å². The van der Waals surface area contributed by atoms with Crippen LogP contribution in [0.3, 0.4) is 0 Å². The number of nitrogen functional groups attached to an aromatic ring is 1. The highest BCUT2D eigenvalue weighted by molar-refractivity contribution is 5.64. The smallest absolute Gasteiger partial charge is 0.212 e. The molecule has 0 aromatic carbocycles. The number of pyridine rings is 2. The van der Waals surface area contributed by atoms with Crippen LogP contribution in [0.15, 0.2) is 36.7 Å². The van der Waals surface area contributed by atoms with Gasteiger partial charge in [-0.05, 0) is 29.8 Å². The zero-order chi connectivity index (χ0) is 9.97. The standard InChI is InChI=1S/C10H8FN3/c11-9-2-1-8(6-14-9)7-3-4-13-10(12)5-7/h1-6H,(H2,12,13). The van der Waals surface area contributed by atoms with E-state index < -0.39 is 5.95 Å². The average Bonchev–Trinajstić information content (AvgIpc) is 2.19. The van der Waals surface area contributed by atoms with Crippen LogP contribution in [-0.4, -0.2) is 9.97 Å². The molecule has 2 rings (SSSR count). The second-order valence-electron chi connectivity index (χ2n) is 2.84. The van der Waals surface area contributed by atoms with Crippen molar-refractivity contribution in [1.82, 2.24) is 9.97 Å². The van der Waals surface area contributed by atoms with Gasteiger partial charge in [0.25, 0.3) is 0 Å². The summed E-state index contributed by atoms with van der Waals surface area (Å²) in [6, 6.07) is 6.48. The van der Waals surface area contributed by atoms with E-state index in [1.165, 1.54) is 12.3 Å². The number of hydrogen-bond acceptors (Lipinski definition) is 3. The summed E-state index contributed by atoms with van der Waals surface area (Å²) in [6.07, 6.45) is 3.07. The molecule has 0 bridgehead atoms. The molecule has 2 heterocycles. The van der Waals surface area contributed by atoms with Gasteiger partial charge >= 0.3 is 0 Å². The molecular formula is C10H8FN3. The van der Waals surface area contributed by atoms with Gasteiger partial charge < -0.3 is 5.73 Å². The third kappa shape index (κ3) is 1.69. The van der Waals surface area contributed by atoms with Gasteiger partial charge in [0.15, 0.2) is 0 Å². The predicted octanol–water partition coefficient (Wildman–Crippen LogP) is 1.86. The lowest BCUT2D eigenvalue weighted by molar-refractivity contribution is 0.584. The summed E-state index contributed by atoms with van der Waals surface area (Å²) in [6.45, 7) is 0. The zero-order valence-corrected chi connectivity index (χ0v) is 7.31. The lowest BCUT2D eigenvalue weighted by Gasteiger charge is -2.00. The first kappa shape index (κ1) is 8.62. The van der Waals surface area contributed by atoms with Gasteiger partial charge in [-0.1, -0.05) is 0 Å². The molecule has 70 valence electrons. The Balaban J connectivity index is 2.44. The normalized spacial score (nSPS) is 10.1. The molecule has 14 heavy (non-hydrogen) atoms. The van der Waals surface area contributed by atoms with Gasteiger partial charge in [-0.15, -0.1) is 0 Å². The highest BCUT2D eigenvalue weighted by atomic mass is 19.1. The SMILES string of the molecule is Nc1cc(-c2ccc(F)nc2)ccn1. The fourth-order valence-electron chi connectivity index (χ4n) is 1.17. The maximum atomic E-state index is 12.5. The van der Waals surface area contributed by atoms with Crippen molar-refractivity contribution >= 4 is 5.82 Å². The molecule has 0 amide bonds. The maximum Gasteiger partial charge on any atom is 0.212 e. The van der Waals surface area contributed by atoms with E-state index in [4.69, 9.17) is 5.73 Å². The van der Waals surface area contributed by atoms with Gasteiger partial charge in [0, 0.05) is 18.0 Å². The fraction of sp³-hybridized carbons (Fsp3) is 0. The average molecular weight is 189 g/mol. The summed E-state index contributed by atoms with van der Waals surface area (Å²) < 4.78 is 12.5. The van der Waals surface area contributed by atoms with E-state index in [0.717, 1.165) is 11.1 Å². The summed E-state index contributed by atoms with van der Waals surface area (Å²) in [5.41, 5.74) is 7.22. The Morgan fingerprint density at radius 3 is 2.57 bits per heavy atom. The van der Waals surface area contributed by atoms with Crippen LogP contribution in [0.1, 0.15) is 0 Å². The molecule has 0 aliphatic carbocycles. The van der Waals surface area contributed by atoms with Crippen molar-refractivity contribution in [1.29, 1.82) is 0 Å². The minimum absolute atomic E-state index is 0.437. The third-order valence-electron chi connectivity index (χ3n) is 1.84. The van der Waals surface area contributed by atoms with Crippen molar-refractivity contribution in [3.05, 3.63) is 42.6 Å². The Kier molecular flexibility index (Phi) is 2.10. The Morgan fingerprint density at radius 1 is 1.07 bits per heavy atom. The predicted molar refractivity (Wildman–Crippen MR) is 51.8 cm³/mol. The number of aromatic nitrogens is 2. The monoisotopic (exact) mass is 189 g/mol. The minimum Gasteiger partial charge on any atom is -0.384 e. The molecule has 0 radical (unpaired) electrons. The number of nitrogens with two attached hydrogens (primary N) is 1. The molecule has 4 heteroatoms. The molecule has 0 atom stereocenters. The summed E-state index contributed by atoms with van der Waals surface area (Å²) in [7, 11) is 0. The molecule has 2 aromatic rings. The second kappa shape index (κ2) is 3.41. The molecule has 0 saturated carbocycles. The van der Waals surface area contributed by atoms with Gasteiger partial charge in [-0.25, -0.2) is 9.97 Å². The highest BCUT2D eigenvalue weighted by Crippen LogP contribution is 2.18. The van der Waals surface area contributed by atoms with E-state index in [9.17, 15) is 4.39 Å². The van der Waals surface area contributed by atoms with E-state index in [2.05, 4.69) is 9.97 Å². The van der Waals surface area contributed by atoms with E-state index in [-0.39, 0.29) is 0 Å².